The number of aryl methyl sites for hydroxylation is 1. The van der Waals surface area contributed by atoms with Crippen LogP contribution in [0.25, 0.3) is 0 Å². The van der Waals surface area contributed by atoms with Crippen molar-refractivity contribution in [1.82, 2.24) is 15.1 Å². The van der Waals surface area contributed by atoms with Gasteiger partial charge < -0.3 is 5.32 Å². The molecule has 1 saturated heterocycles. The van der Waals surface area contributed by atoms with Crippen LogP contribution in [-0.2, 0) is 13.5 Å². The Balaban J connectivity index is 0.00000132. The van der Waals surface area contributed by atoms with E-state index in [9.17, 15) is 8.78 Å². The smallest absolute Gasteiger partial charge is 0.159 e. The lowest BCUT2D eigenvalue weighted by Crippen LogP contribution is -2.27. The van der Waals surface area contributed by atoms with Crippen LogP contribution in [0.2, 0.25) is 0 Å². The summed E-state index contributed by atoms with van der Waals surface area (Å²) in [4.78, 5) is 0. The van der Waals surface area contributed by atoms with Gasteiger partial charge in [-0.3, -0.25) is 4.68 Å². The summed E-state index contributed by atoms with van der Waals surface area (Å²) >= 11 is 0. The lowest BCUT2D eigenvalue weighted by atomic mass is 9.94. The molecular formula is C16H21Cl2F2N3. The van der Waals surface area contributed by atoms with Gasteiger partial charge in [0.25, 0.3) is 0 Å². The number of aromatic nitrogens is 2. The van der Waals surface area contributed by atoms with Crippen LogP contribution in [0.15, 0.2) is 24.3 Å². The molecule has 7 heteroatoms. The predicted octanol–water partition coefficient (Wildman–Crippen LogP) is 3.60. The third-order valence-corrected chi connectivity index (χ3v) is 4.09. The maximum atomic E-state index is 13.2. The first-order chi connectivity index (χ1) is 10.1. The molecule has 128 valence electrons. The van der Waals surface area contributed by atoms with Gasteiger partial charge in [0.05, 0.1) is 5.69 Å². The molecule has 2 heterocycles. The average molecular weight is 364 g/mol. The highest BCUT2D eigenvalue weighted by atomic mass is 35.5. The number of hydrogen-bond acceptors (Lipinski definition) is 2. The van der Waals surface area contributed by atoms with E-state index in [-0.39, 0.29) is 24.8 Å². The molecule has 1 N–H and O–H groups in total. The van der Waals surface area contributed by atoms with Crippen molar-refractivity contribution in [2.75, 3.05) is 13.1 Å². The highest BCUT2D eigenvalue weighted by Gasteiger charge is 2.19. The molecule has 3 rings (SSSR count). The van der Waals surface area contributed by atoms with Gasteiger partial charge in [0.2, 0.25) is 0 Å². The van der Waals surface area contributed by atoms with Crippen molar-refractivity contribution in [3.8, 4) is 0 Å². The van der Waals surface area contributed by atoms with Crippen molar-refractivity contribution in [2.24, 2.45) is 7.05 Å². The van der Waals surface area contributed by atoms with Crippen molar-refractivity contribution in [3.63, 3.8) is 0 Å². The molecule has 0 atom stereocenters. The van der Waals surface area contributed by atoms with Gasteiger partial charge in [-0.25, -0.2) is 8.78 Å². The first-order valence-electron chi connectivity index (χ1n) is 7.31. The van der Waals surface area contributed by atoms with E-state index in [0.29, 0.717) is 12.3 Å². The minimum atomic E-state index is -0.810. The van der Waals surface area contributed by atoms with Crippen LogP contribution in [-0.4, -0.2) is 22.9 Å². The molecule has 1 aliphatic rings. The lowest BCUT2D eigenvalue weighted by molar-refractivity contribution is 0.440. The number of benzene rings is 1. The molecule has 0 amide bonds. The quantitative estimate of drug-likeness (QED) is 0.902. The van der Waals surface area contributed by atoms with E-state index in [1.807, 2.05) is 11.7 Å². The molecule has 23 heavy (non-hydrogen) atoms. The van der Waals surface area contributed by atoms with Gasteiger partial charge >= 0.3 is 0 Å². The van der Waals surface area contributed by atoms with E-state index in [0.717, 1.165) is 37.2 Å². The van der Waals surface area contributed by atoms with Crippen LogP contribution in [0.4, 0.5) is 8.78 Å². The van der Waals surface area contributed by atoms with Crippen molar-refractivity contribution in [2.45, 2.75) is 25.2 Å². The van der Waals surface area contributed by atoms with E-state index in [1.54, 1.807) is 6.07 Å². The topological polar surface area (TPSA) is 29.9 Å². The van der Waals surface area contributed by atoms with Crippen molar-refractivity contribution in [3.05, 3.63) is 52.9 Å². The third kappa shape index (κ3) is 4.66. The molecule has 3 nitrogen and oxygen atoms in total. The Kier molecular flexibility index (Phi) is 7.45. The third-order valence-electron chi connectivity index (χ3n) is 4.09. The number of piperidine rings is 1. The number of rotatable bonds is 3. The van der Waals surface area contributed by atoms with Gasteiger partial charge in [0, 0.05) is 25.1 Å². The fraction of sp³-hybridized carbons (Fsp3) is 0.438. The molecule has 1 fully saturated rings. The summed E-state index contributed by atoms with van der Waals surface area (Å²) in [6.45, 7) is 2.07. The Hall–Kier alpha value is -1.17. The van der Waals surface area contributed by atoms with Gasteiger partial charge in [0.15, 0.2) is 11.6 Å². The molecule has 1 aromatic carbocycles. The Morgan fingerprint density at radius 3 is 2.48 bits per heavy atom. The molecule has 0 unspecified atom stereocenters. The Morgan fingerprint density at radius 1 is 1.13 bits per heavy atom. The zero-order valence-corrected chi connectivity index (χ0v) is 14.5. The zero-order valence-electron chi connectivity index (χ0n) is 12.9. The van der Waals surface area contributed by atoms with E-state index in [2.05, 4.69) is 16.5 Å². The molecule has 1 aromatic heterocycles. The fourth-order valence-corrected chi connectivity index (χ4v) is 2.99. The van der Waals surface area contributed by atoms with Crippen LogP contribution < -0.4 is 5.32 Å². The maximum Gasteiger partial charge on any atom is 0.159 e. The summed E-state index contributed by atoms with van der Waals surface area (Å²) in [5.41, 5.74) is 2.87. The van der Waals surface area contributed by atoms with Gasteiger partial charge in [-0.05, 0) is 49.7 Å². The lowest BCUT2D eigenvalue weighted by Gasteiger charge is -2.22. The van der Waals surface area contributed by atoms with Crippen LogP contribution >= 0.6 is 24.8 Å². The molecular weight excluding hydrogens is 343 g/mol. The molecule has 0 radical (unpaired) electrons. The fourth-order valence-electron chi connectivity index (χ4n) is 2.99. The molecule has 1 aliphatic heterocycles. The number of nitrogens with zero attached hydrogens (tertiary/aromatic N) is 2. The predicted molar refractivity (Wildman–Crippen MR) is 91.7 cm³/mol. The van der Waals surface area contributed by atoms with Gasteiger partial charge in [-0.1, -0.05) is 6.07 Å². The first kappa shape index (κ1) is 19.9. The van der Waals surface area contributed by atoms with Gasteiger partial charge in [-0.15, -0.1) is 24.8 Å². The molecule has 0 aliphatic carbocycles. The number of halogens is 4. The SMILES string of the molecule is Cl.Cl.Cn1nc(Cc2ccc(F)c(F)c2)cc1C1CCNCC1. The summed E-state index contributed by atoms with van der Waals surface area (Å²) in [5.74, 6) is -1.08. The van der Waals surface area contributed by atoms with Crippen LogP contribution in [0.1, 0.15) is 35.7 Å². The minimum absolute atomic E-state index is 0. The maximum absolute atomic E-state index is 13.2. The van der Waals surface area contributed by atoms with E-state index >= 15 is 0 Å². The highest BCUT2D eigenvalue weighted by molar-refractivity contribution is 5.85. The average Bonchev–Trinajstić information content (AvgIpc) is 2.84. The summed E-state index contributed by atoms with van der Waals surface area (Å²) in [7, 11) is 1.95. The monoisotopic (exact) mass is 363 g/mol. The summed E-state index contributed by atoms with van der Waals surface area (Å²) in [6, 6.07) is 6.12. The van der Waals surface area contributed by atoms with E-state index < -0.39 is 11.6 Å². The van der Waals surface area contributed by atoms with Crippen LogP contribution in [0.5, 0.6) is 0 Å². The summed E-state index contributed by atoms with van der Waals surface area (Å²) in [6.07, 6.45) is 2.75. The summed E-state index contributed by atoms with van der Waals surface area (Å²) in [5, 5.41) is 7.87. The Bertz CT molecular complexity index is 640. The van der Waals surface area contributed by atoms with Crippen molar-refractivity contribution < 1.29 is 8.78 Å². The Labute approximate surface area is 147 Å². The molecule has 0 spiro atoms. The van der Waals surface area contributed by atoms with E-state index in [1.165, 1.54) is 17.8 Å². The second-order valence-corrected chi connectivity index (χ2v) is 5.63. The second-order valence-electron chi connectivity index (χ2n) is 5.63. The zero-order chi connectivity index (χ0) is 14.8. The van der Waals surface area contributed by atoms with Crippen molar-refractivity contribution >= 4 is 24.8 Å². The van der Waals surface area contributed by atoms with Crippen molar-refractivity contribution in [1.29, 1.82) is 0 Å². The van der Waals surface area contributed by atoms with Crippen LogP contribution in [0, 0.1) is 11.6 Å². The molecule has 0 bridgehead atoms. The Morgan fingerprint density at radius 2 is 1.83 bits per heavy atom. The number of nitrogens with one attached hydrogen (secondary N) is 1. The van der Waals surface area contributed by atoms with Crippen LogP contribution in [0.3, 0.4) is 0 Å². The second kappa shape index (κ2) is 8.62. The van der Waals surface area contributed by atoms with Gasteiger partial charge in [0.1, 0.15) is 0 Å². The first-order valence-corrected chi connectivity index (χ1v) is 7.31. The van der Waals surface area contributed by atoms with E-state index in [4.69, 9.17) is 0 Å². The molecule has 0 saturated carbocycles. The largest absolute Gasteiger partial charge is 0.317 e. The molecule has 2 aromatic rings. The number of hydrogen-bond donors (Lipinski definition) is 1. The normalized spacial score (nSPS) is 14.9. The minimum Gasteiger partial charge on any atom is -0.317 e. The highest BCUT2D eigenvalue weighted by Crippen LogP contribution is 2.26. The van der Waals surface area contributed by atoms with Gasteiger partial charge in [-0.2, -0.15) is 5.10 Å². The standard InChI is InChI=1S/C16H19F2N3.2ClH/c1-21-16(12-4-6-19-7-5-12)10-13(20-21)8-11-2-3-14(17)15(18)9-11;;/h2-3,9-10,12,19H,4-8H2,1H3;2*1H. The summed E-state index contributed by atoms with van der Waals surface area (Å²) < 4.78 is 28.1.